The van der Waals surface area contributed by atoms with Crippen LogP contribution in [0.3, 0.4) is 0 Å². The van der Waals surface area contributed by atoms with Crippen molar-refractivity contribution in [3.05, 3.63) is 0 Å². The van der Waals surface area contributed by atoms with Crippen LogP contribution in [0.1, 0.15) is 20.8 Å². The van der Waals surface area contributed by atoms with Crippen LogP contribution in [0.15, 0.2) is 0 Å². The van der Waals surface area contributed by atoms with Crippen LogP contribution in [0, 0.1) is 0 Å². The Balaban J connectivity index is 2.66. The van der Waals surface area contributed by atoms with Crippen molar-refractivity contribution in [3.8, 4) is 0 Å². The van der Waals surface area contributed by atoms with Crippen LogP contribution in [0.4, 0.5) is 0 Å². The molecule has 1 aliphatic rings. The molecule has 0 aromatic rings. The van der Waals surface area contributed by atoms with E-state index in [1.54, 1.807) is 0 Å². The van der Waals surface area contributed by atoms with Crippen molar-refractivity contribution in [2.45, 2.75) is 32.9 Å². The average Bonchev–Trinajstić information content (AvgIpc) is 1.92. The largest absolute Gasteiger partial charge is 0.313 e. The summed E-state index contributed by atoms with van der Waals surface area (Å²) in [5.41, 5.74) is 0. The molecular weight excluding hydrogens is 202 g/mol. The number of rotatable bonds is 5. The Hall–Kier alpha value is -0.170. The molecule has 1 fully saturated rings. The van der Waals surface area contributed by atoms with Crippen molar-refractivity contribution in [2.24, 2.45) is 0 Å². The first-order valence-electron chi connectivity index (χ1n) is 4.97. The zero-order valence-electron chi connectivity index (χ0n) is 8.95. The molecule has 0 atom stereocenters. The Morgan fingerprint density at radius 3 is 2.36 bits per heavy atom. The summed E-state index contributed by atoms with van der Waals surface area (Å²) in [5.74, 6) is 0. The van der Waals surface area contributed by atoms with Gasteiger partial charge in [0.2, 0.25) is 0 Å². The second kappa shape index (κ2) is 4.57. The molecule has 1 heterocycles. The molecule has 5 nitrogen and oxygen atoms in total. The van der Waals surface area contributed by atoms with Gasteiger partial charge in [0, 0.05) is 25.7 Å². The van der Waals surface area contributed by atoms with E-state index in [-0.39, 0.29) is 12.1 Å². The molecule has 0 radical (unpaired) electrons. The fourth-order valence-corrected chi connectivity index (χ4v) is 3.08. The highest BCUT2D eigenvalue weighted by molar-refractivity contribution is 7.87. The zero-order valence-corrected chi connectivity index (χ0v) is 9.76. The summed E-state index contributed by atoms with van der Waals surface area (Å²) in [6.45, 7) is 7.54. The fourth-order valence-electron chi connectivity index (χ4n) is 1.47. The minimum Gasteiger partial charge on any atom is -0.313 e. The molecule has 0 bridgehead atoms. The molecule has 84 valence electrons. The molecule has 0 aliphatic carbocycles. The number of nitrogens with zero attached hydrogens (tertiary/aromatic N) is 1. The van der Waals surface area contributed by atoms with Crippen molar-refractivity contribution in [1.82, 2.24) is 14.3 Å². The summed E-state index contributed by atoms with van der Waals surface area (Å²) < 4.78 is 27.7. The highest BCUT2D eigenvalue weighted by Gasteiger charge is 2.32. The monoisotopic (exact) mass is 221 g/mol. The lowest BCUT2D eigenvalue weighted by atomic mass is 10.2. The van der Waals surface area contributed by atoms with E-state index in [4.69, 9.17) is 0 Å². The van der Waals surface area contributed by atoms with Gasteiger partial charge in [-0.2, -0.15) is 17.4 Å². The third-order valence-corrected chi connectivity index (χ3v) is 4.12. The van der Waals surface area contributed by atoms with E-state index in [0.29, 0.717) is 6.54 Å². The molecule has 2 N–H and O–H groups in total. The Labute approximate surface area is 86.0 Å². The molecule has 0 spiro atoms. The first kappa shape index (κ1) is 11.9. The molecule has 6 heteroatoms. The normalized spacial score (nSPS) is 18.9. The molecule has 0 unspecified atom stereocenters. The van der Waals surface area contributed by atoms with Crippen LogP contribution in [0.25, 0.3) is 0 Å². The van der Waals surface area contributed by atoms with Gasteiger partial charge in [0.15, 0.2) is 0 Å². The molecule has 1 aliphatic heterocycles. The molecule has 14 heavy (non-hydrogen) atoms. The lowest BCUT2D eigenvalue weighted by Crippen LogP contribution is -2.61. The topological polar surface area (TPSA) is 61.4 Å². The lowest BCUT2D eigenvalue weighted by molar-refractivity contribution is 0.246. The summed E-state index contributed by atoms with van der Waals surface area (Å²) in [4.78, 5) is 0. The molecule has 0 saturated carbocycles. The number of hydrogen-bond donors (Lipinski definition) is 2. The highest BCUT2D eigenvalue weighted by atomic mass is 32.2. The minimum atomic E-state index is -3.29. The third-order valence-electron chi connectivity index (χ3n) is 2.17. The van der Waals surface area contributed by atoms with Gasteiger partial charge in [-0.3, -0.25) is 0 Å². The van der Waals surface area contributed by atoms with Crippen LogP contribution in [0.5, 0.6) is 0 Å². The Morgan fingerprint density at radius 2 is 2.07 bits per heavy atom. The summed E-state index contributed by atoms with van der Waals surface area (Å²) in [7, 11) is -3.29. The summed E-state index contributed by atoms with van der Waals surface area (Å²) in [6, 6.07) is 0.0679. The first-order chi connectivity index (χ1) is 6.47. The van der Waals surface area contributed by atoms with Crippen molar-refractivity contribution in [3.63, 3.8) is 0 Å². The highest BCUT2D eigenvalue weighted by Crippen LogP contribution is 2.09. The van der Waals surface area contributed by atoms with Crippen molar-refractivity contribution < 1.29 is 8.42 Å². The van der Waals surface area contributed by atoms with Crippen LogP contribution in [0.2, 0.25) is 0 Å². The van der Waals surface area contributed by atoms with E-state index in [2.05, 4.69) is 10.0 Å². The molecule has 0 amide bonds. The Morgan fingerprint density at radius 1 is 1.50 bits per heavy atom. The van der Waals surface area contributed by atoms with E-state index in [9.17, 15) is 8.42 Å². The molecule has 1 rings (SSSR count). The Kier molecular flexibility index (Phi) is 3.88. The average molecular weight is 221 g/mol. The van der Waals surface area contributed by atoms with E-state index in [0.717, 1.165) is 13.1 Å². The van der Waals surface area contributed by atoms with Crippen LogP contribution >= 0.6 is 0 Å². The number of likely N-dealkylation sites (N-methyl/N-ethyl adjacent to an activating group) is 1. The molecule has 0 aromatic heterocycles. The van der Waals surface area contributed by atoms with Crippen LogP contribution < -0.4 is 10.0 Å². The molecule has 0 aromatic carbocycles. The maximum atomic E-state index is 11.8. The van der Waals surface area contributed by atoms with Gasteiger partial charge < -0.3 is 5.32 Å². The van der Waals surface area contributed by atoms with Gasteiger partial charge >= 0.3 is 0 Å². The predicted molar refractivity (Wildman–Crippen MR) is 56.2 cm³/mol. The van der Waals surface area contributed by atoms with E-state index in [1.807, 2.05) is 20.8 Å². The fraction of sp³-hybridized carbons (Fsp3) is 1.00. The standard InChI is InChI=1S/C8H19N3O2S/c1-4-11(8-5-9-6-8)14(12,13)10-7(2)3/h7-10H,4-6H2,1-3H3. The summed E-state index contributed by atoms with van der Waals surface area (Å²) in [6.07, 6.45) is 0. The van der Waals surface area contributed by atoms with Gasteiger partial charge in [-0.25, -0.2) is 0 Å². The summed E-state index contributed by atoms with van der Waals surface area (Å²) >= 11 is 0. The number of hydrogen-bond acceptors (Lipinski definition) is 3. The minimum absolute atomic E-state index is 0.0536. The Bertz CT molecular complexity index is 272. The van der Waals surface area contributed by atoms with Gasteiger partial charge in [0.05, 0.1) is 6.04 Å². The molecular formula is C8H19N3O2S. The second-order valence-electron chi connectivity index (χ2n) is 3.79. The SMILES string of the molecule is CCN(C1CNC1)S(=O)(=O)NC(C)C. The molecule has 1 saturated heterocycles. The van der Waals surface area contributed by atoms with Crippen molar-refractivity contribution >= 4 is 10.2 Å². The van der Waals surface area contributed by atoms with Gasteiger partial charge in [-0.1, -0.05) is 6.92 Å². The van der Waals surface area contributed by atoms with Gasteiger partial charge in [-0.05, 0) is 13.8 Å². The number of nitrogens with one attached hydrogen (secondary N) is 2. The van der Waals surface area contributed by atoms with Gasteiger partial charge in [0.1, 0.15) is 0 Å². The third kappa shape index (κ3) is 2.66. The lowest BCUT2D eigenvalue weighted by Gasteiger charge is -2.36. The second-order valence-corrected chi connectivity index (χ2v) is 5.45. The smallest absolute Gasteiger partial charge is 0.280 e. The van der Waals surface area contributed by atoms with Crippen LogP contribution in [-0.4, -0.2) is 44.4 Å². The van der Waals surface area contributed by atoms with Gasteiger partial charge in [-0.15, -0.1) is 0 Å². The van der Waals surface area contributed by atoms with E-state index in [1.165, 1.54) is 4.31 Å². The van der Waals surface area contributed by atoms with Crippen molar-refractivity contribution in [1.29, 1.82) is 0 Å². The first-order valence-corrected chi connectivity index (χ1v) is 6.41. The summed E-state index contributed by atoms with van der Waals surface area (Å²) in [5, 5.41) is 3.07. The zero-order chi connectivity index (χ0) is 10.8. The van der Waals surface area contributed by atoms with E-state index >= 15 is 0 Å². The maximum Gasteiger partial charge on any atom is 0.280 e. The van der Waals surface area contributed by atoms with Crippen LogP contribution in [-0.2, 0) is 10.2 Å². The quantitative estimate of drug-likeness (QED) is 0.659. The van der Waals surface area contributed by atoms with Gasteiger partial charge in [0.25, 0.3) is 10.2 Å². The van der Waals surface area contributed by atoms with E-state index < -0.39 is 10.2 Å². The van der Waals surface area contributed by atoms with Crippen molar-refractivity contribution in [2.75, 3.05) is 19.6 Å². The predicted octanol–water partition coefficient (Wildman–Crippen LogP) is -0.477. The maximum absolute atomic E-state index is 11.8.